The molecule has 7 heteroatoms. The third-order valence-electron chi connectivity index (χ3n) is 4.32. The smallest absolute Gasteiger partial charge is 0.282 e. The van der Waals surface area contributed by atoms with Crippen molar-refractivity contribution < 1.29 is 14.6 Å². The van der Waals surface area contributed by atoms with Gasteiger partial charge in [0.1, 0.15) is 11.6 Å². The van der Waals surface area contributed by atoms with E-state index in [4.69, 9.17) is 0 Å². The molecule has 0 aromatic heterocycles. The van der Waals surface area contributed by atoms with Crippen molar-refractivity contribution in [1.29, 1.82) is 0 Å². The summed E-state index contributed by atoms with van der Waals surface area (Å²) in [5.74, 6) is -0.437. The summed E-state index contributed by atoms with van der Waals surface area (Å²) in [5.41, 5.74) is 2.09. The van der Waals surface area contributed by atoms with Gasteiger partial charge in [-0.1, -0.05) is 24.3 Å². The van der Waals surface area contributed by atoms with Crippen molar-refractivity contribution in [2.24, 2.45) is 0 Å². The molecule has 0 aliphatic carbocycles. The number of rotatable bonds is 7. The molecule has 0 unspecified atom stereocenters. The molecule has 26 heavy (non-hydrogen) atoms. The van der Waals surface area contributed by atoms with Gasteiger partial charge in [-0.05, 0) is 18.2 Å². The number of benzene rings is 2. The van der Waals surface area contributed by atoms with Crippen molar-refractivity contribution in [3.05, 3.63) is 69.8 Å². The predicted octanol–water partition coefficient (Wildman–Crippen LogP) is 1.28. The van der Waals surface area contributed by atoms with E-state index in [1.165, 1.54) is 12.1 Å². The lowest BCUT2D eigenvalue weighted by atomic mass is 10.0. The fourth-order valence-corrected chi connectivity index (χ4v) is 2.77. The lowest BCUT2D eigenvalue weighted by molar-refractivity contribution is -0.890. The summed E-state index contributed by atoms with van der Waals surface area (Å²) in [4.78, 5) is 26.2. The van der Waals surface area contributed by atoms with Crippen LogP contribution in [0.25, 0.3) is 0 Å². The highest BCUT2D eigenvalue weighted by molar-refractivity contribution is 5.98. The first kappa shape index (κ1) is 19.4. The van der Waals surface area contributed by atoms with Crippen LogP contribution in [0.2, 0.25) is 0 Å². The van der Waals surface area contributed by atoms with E-state index in [9.17, 15) is 14.9 Å². The van der Waals surface area contributed by atoms with Gasteiger partial charge in [-0.2, -0.15) is 0 Å². The molecular formula is C19H25N4O3+. The molecule has 0 saturated heterocycles. The number of nitro benzene ring substituents is 1. The van der Waals surface area contributed by atoms with Crippen LogP contribution in [0.4, 0.5) is 11.4 Å². The van der Waals surface area contributed by atoms with Crippen LogP contribution in [0, 0.1) is 10.1 Å². The summed E-state index contributed by atoms with van der Waals surface area (Å²) in [6, 6.07) is 14.2. The summed E-state index contributed by atoms with van der Waals surface area (Å²) >= 11 is 0. The third kappa shape index (κ3) is 4.58. The molecule has 2 N–H and O–H groups in total. The first-order valence-electron chi connectivity index (χ1n) is 8.40. The Morgan fingerprint density at radius 1 is 1.15 bits per heavy atom. The zero-order valence-electron chi connectivity index (χ0n) is 15.5. The lowest BCUT2D eigenvalue weighted by Crippen LogP contribution is -3.07. The van der Waals surface area contributed by atoms with E-state index >= 15 is 0 Å². The second kappa shape index (κ2) is 8.44. The Bertz CT molecular complexity index is 773. The van der Waals surface area contributed by atoms with Crippen LogP contribution < -0.4 is 15.1 Å². The average Bonchev–Trinajstić information content (AvgIpc) is 2.61. The SMILES string of the molecule is CN(C)c1ccc([C@H](CNC(=O)c2ccccc2[N+](=O)[O-])[NH+](C)C)cc1. The van der Waals surface area contributed by atoms with Crippen molar-refractivity contribution in [1.82, 2.24) is 5.32 Å². The van der Waals surface area contributed by atoms with Crippen LogP contribution >= 0.6 is 0 Å². The van der Waals surface area contributed by atoms with Crippen LogP contribution in [0.15, 0.2) is 48.5 Å². The highest BCUT2D eigenvalue weighted by Gasteiger charge is 2.23. The molecule has 0 fully saturated rings. The highest BCUT2D eigenvalue weighted by Crippen LogP contribution is 2.18. The topological polar surface area (TPSA) is 79.9 Å². The van der Waals surface area contributed by atoms with Gasteiger partial charge in [0, 0.05) is 31.4 Å². The van der Waals surface area contributed by atoms with Gasteiger partial charge in [0.05, 0.1) is 25.6 Å². The minimum atomic E-state index is -0.538. The maximum absolute atomic E-state index is 12.4. The molecule has 0 aliphatic rings. The summed E-state index contributed by atoms with van der Waals surface area (Å²) in [6.45, 7) is 0.383. The third-order valence-corrected chi connectivity index (χ3v) is 4.32. The number of quaternary nitrogens is 1. The minimum Gasteiger partial charge on any atom is -0.378 e. The Morgan fingerprint density at radius 3 is 2.31 bits per heavy atom. The molecular weight excluding hydrogens is 332 g/mol. The molecule has 1 atom stereocenters. The fraction of sp³-hybridized carbons (Fsp3) is 0.316. The van der Waals surface area contributed by atoms with Gasteiger partial charge in [0.2, 0.25) is 0 Å². The van der Waals surface area contributed by atoms with Crippen LogP contribution in [0.5, 0.6) is 0 Å². The Morgan fingerprint density at radius 2 is 1.77 bits per heavy atom. The summed E-state index contributed by atoms with van der Waals surface area (Å²) in [7, 11) is 8.00. The van der Waals surface area contributed by atoms with Crippen LogP contribution in [-0.2, 0) is 0 Å². The van der Waals surface area contributed by atoms with Crippen molar-refractivity contribution >= 4 is 17.3 Å². The van der Waals surface area contributed by atoms with Crippen LogP contribution in [-0.4, -0.2) is 45.6 Å². The Hall–Kier alpha value is -2.93. The molecule has 1 amide bonds. The zero-order chi connectivity index (χ0) is 19.3. The van der Waals surface area contributed by atoms with E-state index in [2.05, 4.69) is 5.32 Å². The number of amides is 1. The maximum atomic E-state index is 12.4. The predicted molar refractivity (Wildman–Crippen MR) is 102 cm³/mol. The van der Waals surface area contributed by atoms with Crippen LogP contribution in [0.1, 0.15) is 22.0 Å². The molecule has 0 spiro atoms. The number of hydrogen-bond acceptors (Lipinski definition) is 4. The normalized spacial score (nSPS) is 11.9. The summed E-state index contributed by atoms with van der Waals surface area (Å²) < 4.78 is 0. The van der Waals surface area contributed by atoms with Gasteiger partial charge in [0.25, 0.3) is 11.6 Å². The van der Waals surface area contributed by atoms with Gasteiger partial charge >= 0.3 is 0 Å². The van der Waals surface area contributed by atoms with Crippen molar-refractivity contribution in [3.63, 3.8) is 0 Å². The molecule has 138 valence electrons. The van der Waals surface area contributed by atoms with Gasteiger partial charge in [-0.3, -0.25) is 14.9 Å². The maximum Gasteiger partial charge on any atom is 0.282 e. The number of nitrogens with zero attached hydrogens (tertiary/aromatic N) is 2. The second-order valence-electron chi connectivity index (χ2n) is 6.60. The van der Waals surface area contributed by atoms with E-state index in [-0.39, 0.29) is 17.3 Å². The second-order valence-corrected chi connectivity index (χ2v) is 6.60. The van der Waals surface area contributed by atoms with Gasteiger partial charge in [-0.25, -0.2) is 0 Å². The van der Waals surface area contributed by atoms with Crippen molar-refractivity contribution in [3.8, 4) is 0 Å². The van der Waals surface area contributed by atoms with Gasteiger partial charge in [-0.15, -0.1) is 0 Å². The molecule has 7 nitrogen and oxygen atoms in total. The molecule has 2 aromatic carbocycles. The van der Waals surface area contributed by atoms with E-state index in [1.54, 1.807) is 12.1 Å². The number of carbonyl (C=O) groups is 1. The molecule has 0 heterocycles. The molecule has 2 rings (SSSR count). The quantitative estimate of drug-likeness (QED) is 0.578. The zero-order valence-corrected chi connectivity index (χ0v) is 15.5. The largest absolute Gasteiger partial charge is 0.378 e. The lowest BCUT2D eigenvalue weighted by Gasteiger charge is -2.23. The minimum absolute atomic E-state index is 0.0398. The van der Waals surface area contributed by atoms with E-state index in [1.807, 2.05) is 57.4 Å². The Labute approximate surface area is 153 Å². The van der Waals surface area contributed by atoms with Crippen molar-refractivity contribution in [2.75, 3.05) is 39.6 Å². The first-order chi connectivity index (χ1) is 12.3. The van der Waals surface area contributed by atoms with E-state index < -0.39 is 10.8 Å². The van der Waals surface area contributed by atoms with Gasteiger partial charge in [0.15, 0.2) is 0 Å². The first-order valence-corrected chi connectivity index (χ1v) is 8.40. The number of nitro groups is 1. The van der Waals surface area contributed by atoms with E-state index in [0.717, 1.165) is 16.2 Å². The molecule has 0 radical (unpaired) electrons. The molecule has 0 bridgehead atoms. The number of nitrogens with one attached hydrogen (secondary N) is 2. The molecule has 0 aliphatic heterocycles. The number of likely N-dealkylation sites (N-methyl/N-ethyl adjacent to an activating group) is 1. The van der Waals surface area contributed by atoms with E-state index in [0.29, 0.717) is 6.54 Å². The summed E-state index contributed by atoms with van der Waals surface area (Å²) in [6.07, 6.45) is 0. The monoisotopic (exact) mass is 357 g/mol. The number of para-hydroxylation sites is 1. The van der Waals surface area contributed by atoms with Crippen molar-refractivity contribution in [2.45, 2.75) is 6.04 Å². The van der Waals surface area contributed by atoms with Gasteiger partial charge < -0.3 is 15.1 Å². The highest BCUT2D eigenvalue weighted by atomic mass is 16.6. The Kier molecular flexibility index (Phi) is 6.30. The number of anilines is 1. The number of hydrogen-bond donors (Lipinski definition) is 2. The fourth-order valence-electron chi connectivity index (χ4n) is 2.77. The number of carbonyl (C=O) groups excluding carboxylic acids is 1. The molecule has 0 saturated carbocycles. The Balaban J connectivity index is 2.14. The standard InChI is InChI=1S/C19H24N4O3/c1-21(2)15-11-9-14(10-12-15)18(22(3)4)13-20-19(24)16-7-5-6-8-17(16)23(25)26/h5-12,18H,13H2,1-4H3,(H,20,24)/p+1/t18-/m0/s1. The summed E-state index contributed by atoms with van der Waals surface area (Å²) in [5, 5.41) is 13.9. The van der Waals surface area contributed by atoms with Crippen LogP contribution in [0.3, 0.4) is 0 Å². The average molecular weight is 357 g/mol. The molecule has 2 aromatic rings.